The Balaban J connectivity index is 2.61. The molecule has 0 aliphatic carbocycles. The van der Waals surface area contributed by atoms with E-state index in [2.05, 4.69) is 21.2 Å². The fourth-order valence-corrected chi connectivity index (χ4v) is 2.94. The Kier molecular flexibility index (Phi) is 5.20. The van der Waals surface area contributed by atoms with E-state index in [9.17, 15) is 4.39 Å². The van der Waals surface area contributed by atoms with E-state index >= 15 is 0 Å². The molecule has 0 spiro atoms. The summed E-state index contributed by atoms with van der Waals surface area (Å²) >= 11 is 3.42. The maximum Gasteiger partial charge on any atom is 0.127 e. The van der Waals surface area contributed by atoms with Crippen LogP contribution in [0.25, 0.3) is 0 Å². The summed E-state index contributed by atoms with van der Waals surface area (Å²) in [5, 5.41) is 3.23. The molecule has 0 saturated heterocycles. The van der Waals surface area contributed by atoms with Crippen LogP contribution in [0.15, 0.2) is 40.9 Å². The highest BCUT2D eigenvalue weighted by molar-refractivity contribution is 9.10. The summed E-state index contributed by atoms with van der Waals surface area (Å²) in [4.78, 5) is 0. The van der Waals surface area contributed by atoms with Gasteiger partial charge < -0.3 is 14.8 Å². The molecule has 0 aliphatic rings. The molecule has 1 N–H and O–H groups in total. The lowest BCUT2D eigenvalue weighted by atomic mass is 9.97. The Hall–Kier alpha value is -1.59. The minimum Gasteiger partial charge on any atom is -0.496 e. The van der Waals surface area contributed by atoms with Crippen molar-refractivity contribution in [3.8, 4) is 11.5 Å². The number of halogens is 2. The van der Waals surface area contributed by atoms with Gasteiger partial charge in [0, 0.05) is 4.47 Å². The van der Waals surface area contributed by atoms with E-state index in [0.29, 0.717) is 16.0 Å². The van der Waals surface area contributed by atoms with Gasteiger partial charge >= 0.3 is 0 Å². The van der Waals surface area contributed by atoms with E-state index in [1.165, 1.54) is 12.1 Å². The highest BCUT2D eigenvalue weighted by Crippen LogP contribution is 2.39. The van der Waals surface area contributed by atoms with Crippen molar-refractivity contribution in [1.82, 2.24) is 5.32 Å². The first-order valence-corrected chi connectivity index (χ1v) is 7.24. The van der Waals surface area contributed by atoms with Crippen molar-refractivity contribution in [3.63, 3.8) is 0 Å². The summed E-state index contributed by atoms with van der Waals surface area (Å²) in [5.74, 6) is 1.14. The maximum atomic E-state index is 13.3. The number of benzene rings is 2. The summed E-state index contributed by atoms with van der Waals surface area (Å²) in [6.07, 6.45) is 0. The van der Waals surface area contributed by atoms with Gasteiger partial charge in [-0.15, -0.1) is 0 Å². The Bertz CT molecular complexity index is 611. The van der Waals surface area contributed by atoms with Crippen molar-refractivity contribution in [2.24, 2.45) is 0 Å². The summed E-state index contributed by atoms with van der Waals surface area (Å²) in [7, 11) is 5.07. The first-order valence-electron chi connectivity index (χ1n) is 6.45. The van der Waals surface area contributed by atoms with Crippen LogP contribution in [0.3, 0.4) is 0 Å². The van der Waals surface area contributed by atoms with Gasteiger partial charge in [0.25, 0.3) is 0 Å². The van der Waals surface area contributed by atoms with Gasteiger partial charge in [-0.3, -0.25) is 0 Å². The average molecular weight is 354 g/mol. The second-order valence-corrected chi connectivity index (χ2v) is 5.32. The van der Waals surface area contributed by atoms with Crippen LogP contribution >= 0.6 is 15.9 Å². The molecule has 21 heavy (non-hydrogen) atoms. The summed E-state index contributed by atoms with van der Waals surface area (Å²) in [6.45, 7) is 0. The van der Waals surface area contributed by atoms with Crippen LogP contribution in [0.4, 0.5) is 4.39 Å². The number of rotatable bonds is 5. The molecule has 3 nitrogen and oxygen atoms in total. The molecule has 0 aromatic heterocycles. The molecule has 2 aromatic carbocycles. The Morgan fingerprint density at radius 1 is 1.10 bits per heavy atom. The molecule has 0 fully saturated rings. The predicted molar refractivity (Wildman–Crippen MR) is 84.5 cm³/mol. The normalized spacial score (nSPS) is 12.0. The van der Waals surface area contributed by atoms with Crippen LogP contribution in [0.1, 0.15) is 17.2 Å². The zero-order chi connectivity index (χ0) is 15.4. The molecule has 0 heterocycles. The van der Waals surface area contributed by atoms with Gasteiger partial charge in [-0.05, 0) is 36.9 Å². The van der Waals surface area contributed by atoms with E-state index < -0.39 is 0 Å². The van der Waals surface area contributed by atoms with Crippen molar-refractivity contribution >= 4 is 15.9 Å². The third kappa shape index (κ3) is 3.19. The lowest BCUT2D eigenvalue weighted by Gasteiger charge is -2.23. The molecule has 112 valence electrons. The van der Waals surface area contributed by atoms with Gasteiger partial charge in [0.05, 0.1) is 25.8 Å². The number of hydrogen-bond donors (Lipinski definition) is 1. The lowest BCUT2D eigenvalue weighted by Crippen LogP contribution is -2.20. The van der Waals surface area contributed by atoms with Crippen molar-refractivity contribution in [2.75, 3.05) is 21.3 Å². The first kappa shape index (κ1) is 15.8. The number of nitrogens with one attached hydrogen (secondary N) is 1. The maximum absolute atomic E-state index is 13.3. The average Bonchev–Trinajstić information content (AvgIpc) is 2.49. The minimum atomic E-state index is -0.285. The van der Waals surface area contributed by atoms with Gasteiger partial charge in [0.2, 0.25) is 0 Å². The van der Waals surface area contributed by atoms with Crippen LogP contribution in [-0.2, 0) is 0 Å². The fraction of sp³-hybridized carbons (Fsp3) is 0.250. The highest BCUT2D eigenvalue weighted by atomic mass is 79.9. The minimum absolute atomic E-state index is 0.189. The molecule has 0 amide bonds. The third-order valence-corrected chi connectivity index (χ3v) is 4.00. The van der Waals surface area contributed by atoms with Crippen LogP contribution in [0.2, 0.25) is 0 Å². The number of hydrogen-bond acceptors (Lipinski definition) is 3. The smallest absolute Gasteiger partial charge is 0.127 e. The molecular weight excluding hydrogens is 337 g/mol. The van der Waals surface area contributed by atoms with Crippen molar-refractivity contribution < 1.29 is 13.9 Å². The molecule has 0 bridgehead atoms. The van der Waals surface area contributed by atoms with Gasteiger partial charge in [-0.1, -0.05) is 28.1 Å². The van der Waals surface area contributed by atoms with E-state index in [0.717, 1.165) is 11.1 Å². The van der Waals surface area contributed by atoms with E-state index in [1.54, 1.807) is 20.3 Å². The van der Waals surface area contributed by atoms with Crippen LogP contribution in [0, 0.1) is 5.82 Å². The highest BCUT2D eigenvalue weighted by Gasteiger charge is 2.23. The Morgan fingerprint density at radius 3 is 2.19 bits per heavy atom. The van der Waals surface area contributed by atoms with Crippen molar-refractivity contribution in [2.45, 2.75) is 6.04 Å². The Labute approximate surface area is 132 Å². The molecule has 0 radical (unpaired) electrons. The van der Waals surface area contributed by atoms with Crippen molar-refractivity contribution in [3.05, 3.63) is 57.8 Å². The standard InChI is InChI=1S/C16H17BrFNO2/c1-19-16(11-8-7-10(18)9-12(11)17)15-13(20-2)5-4-6-14(15)21-3/h4-9,16,19H,1-3H3. The van der Waals surface area contributed by atoms with Crippen molar-refractivity contribution in [1.29, 1.82) is 0 Å². The predicted octanol–water partition coefficient (Wildman–Crippen LogP) is 3.91. The number of ether oxygens (including phenoxy) is 2. The lowest BCUT2D eigenvalue weighted by molar-refractivity contribution is 0.378. The summed E-state index contributed by atoms with van der Waals surface area (Å²) in [6, 6.07) is 10.1. The molecule has 2 rings (SSSR count). The van der Waals surface area contributed by atoms with Gasteiger partial charge in [0.1, 0.15) is 17.3 Å². The fourth-order valence-electron chi connectivity index (χ4n) is 2.36. The van der Waals surface area contributed by atoms with Crippen LogP contribution in [-0.4, -0.2) is 21.3 Å². The molecule has 1 unspecified atom stereocenters. The quantitative estimate of drug-likeness (QED) is 0.883. The molecule has 0 saturated carbocycles. The van der Waals surface area contributed by atoms with Gasteiger partial charge in [-0.2, -0.15) is 0 Å². The monoisotopic (exact) mass is 353 g/mol. The van der Waals surface area contributed by atoms with Gasteiger partial charge in [-0.25, -0.2) is 4.39 Å². The topological polar surface area (TPSA) is 30.5 Å². The van der Waals surface area contributed by atoms with E-state index in [1.807, 2.05) is 25.2 Å². The SMILES string of the molecule is CNC(c1ccc(F)cc1Br)c1c(OC)cccc1OC. The first-order chi connectivity index (χ1) is 10.1. The number of methoxy groups -OCH3 is 2. The second kappa shape index (κ2) is 6.91. The van der Waals surface area contributed by atoms with Crippen LogP contribution < -0.4 is 14.8 Å². The van der Waals surface area contributed by atoms with E-state index in [-0.39, 0.29) is 11.9 Å². The van der Waals surface area contributed by atoms with Crippen LogP contribution in [0.5, 0.6) is 11.5 Å². The zero-order valence-corrected chi connectivity index (χ0v) is 13.7. The molecule has 2 aromatic rings. The molecular formula is C16H17BrFNO2. The summed E-state index contributed by atoms with van der Waals surface area (Å²) < 4.78 is 24.9. The summed E-state index contributed by atoms with van der Waals surface area (Å²) in [5.41, 5.74) is 1.78. The molecule has 0 aliphatic heterocycles. The zero-order valence-electron chi connectivity index (χ0n) is 12.1. The largest absolute Gasteiger partial charge is 0.496 e. The Morgan fingerprint density at radius 2 is 1.71 bits per heavy atom. The van der Waals surface area contributed by atoms with Gasteiger partial charge in [0.15, 0.2) is 0 Å². The molecule has 1 atom stereocenters. The van der Waals surface area contributed by atoms with E-state index in [4.69, 9.17) is 9.47 Å². The molecule has 5 heteroatoms. The third-order valence-electron chi connectivity index (χ3n) is 3.32. The second-order valence-electron chi connectivity index (χ2n) is 4.46.